The van der Waals surface area contributed by atoms with Crippen molar-refractivity contribution in [2.75, 3.05) is 52.5 Å². The van der Waals surface area contributed by atoms with E-state index in [0.717, 1.165) is 51.3 Å². The maximum atomic E-state index is 12.4. The first-order valence-corrected chi connectivity index (χ1v) is 9.79. The number of carbonyl (C=O) groups excluding carboxylic acids is 1. The van der Waals surface area contributed by atoms with E-state index in [2.05, 4.69) is 14.8 Å². The number of amides is 1. The van der Waals surface area contributed by atoms with Crippen LogP contribution in [0, 0.1) is 5.41 Å². The summed E-state index contributed by atoms with van der Waals surface area (Å²) < 4.78 is 5.42. The number of aromatic nitrogens is 1. The highest BCUT2D eigenvalue weighted by Gasteiger charge is 2.41. The van der Waals surface area contributed by atoms with Gasteiger partial charge in [0.1, 0.15) is 0 Å². The Kier molecular flexibility index (Phi) is 7.00. The van der Waals surface area contributed by atoms with Crippen molar-refractivity contribution in [1.82, 2.24) is 14.8 Å². The summed E-state index contributed by atoms with van der Waals surface area (Å²) in [7, 11) is 0. The molecule has 0 radical (unpaired) electrons. The fourth-order valence-electron chi connectivity index (χ4n) is 4.30. The fourth-order valence-corrected chi connectivity index (χ4v) is 4.30. The number of carbonyl (C=O) groups is 1. The Labute approximate surface area is 156 Å². The van der Waals surface area contributed by atoms with Crippen LogP contribution in [-0.2, 0) is 16.0 Å². The van der Waals surface area contributed by atoms with Crippen molar-refractivity contribution >= 4 is 5.91 Å². The molecule has 1 spiro atoms. The van der Waals surface area contributed by atoms with Gasteiger partial charge in [-0.1, -0.05) is 6.07 Å². The number of pyridine rings is 1. The van der Waals surface area contributed by atoms with Crippen LogP contribution in [0.5, 0.6) is 0 Å². The quantitative estimate of drug-likeness (QED) is 0.708. The lowest BCUT2D eigenvalue weighted by Gasteiger charge is -2.48. The molecule has 6 nitrogen and oxygen atoms in total. The van der Waals surface area contributed by atoms with Gasteiger partial charge in [0.2, 0.25) is 5.91 Å². The molecule has 2 fully saturated rings. The molecule has 3 rings (SSSR count). The first kappa shape index (κ1) is 19.3. The smallest absolute Gasteiger partial charge is 0.222 e. The average Bonchev–Trinajstić information content (AvgIpc) is 2.67. The molecule has 1 amide bonds. The molecule has 6 heteroatoms. The summed E-state index contributed by atoms with van der Waals surface area (Å²) in [6.07, 6.45) is 6.68. The molecule has 2 aliphatic heterocycles. The van der Waals surface area contributed by atoms with E-state index in [1.807, 2.05) is 24.4 Å². The Bertz CT molecular complexity index is 569. The Balaban J connectivity index is 1.53. The van der Waals surface area contributed by atoms with Gasteiger partial charge in [-0.3, -0.25) is 9.78 Å². The molecule has 1 aromatic rings. The Morgan fingerprint density at radius 3 is 2.92 bits per heavy atom. The van der Waals surface area contributed by atoms with E-state index in [4.69, 9.17) is 9.84 Å². The molecule has 0 aliphatic carbocycles. The third kappa shape index (κ3) is 5.25. The number of likely N-dealkylation sites (tertiary alicyclic amines) is 2. The Hall–Kier alpha value is -1.50. The zero-order valence-electron chi connectivity index (χ0n) is 15.6. The number of hydrogen-bond acceptors (Lipinski definition) is 5. The van der Waals surface area contributed by atoms with Gasteiger partial charge in [-0.25, -0.2) is 0 Å². The van der Waals surface area contributed by atoms with Gasteiger partial charge in [-0.15, -0.1) is 0 Å². The number of aliphatic hydroxyl groups excluding tert-OH is 1. The molecule has 2 saturated heterocycles. The molecule has 0 unspecified atom stereocenters. The van der Waals surface area contributed by atoms with Gasteiger partial charge in [0.25, 0.3) is 0 Å². The van der Waals surface area contributed by atoms with Crippen LogP contribution in [0.25, 0.3) is 0 Å². The molecule has 0 aromatic carbocycles. The molecule has 1 N–H and O–H groups in total. The highest BCUT2D eigenvalue weighted by Crippen LogP contribution is 2.38. The number of aliphatic hydroxyl groups is 1. The van der Waals surface area contributed by atoms with E-state index in [9.17, 15) is 4.79 Å². The van der Waals surface area contributed by atoms with E-state index < -0.39 is 0 Å². The van der Waals surface area contributed by atoms with Crippen LogP contribution >= 0.6 is 0 Å². The summed E-state index contributed by atoms with van der Waals surface area (Å²) in [5.41, 5.74) is 1.28. The average molecular weight is 361 g/mol. The monoisotopic (exact) mass is 361 g/mol. The maximum Gasteiger partial charge on any atom is 0.222 e. The van der Waals surface area contributed by atoms with E-state index >= 15 is 0 Å². The van der Waals surface area contributed by atoms with Crippen LogP contribution in [0.1, 0.15) is 31.4 Å². The predicted molar refractivity (Wildman–Crippen MR) is 99.8 cm³/mol. The summed E-state index contributed by atoms with van der Waals surface area (Å²) in [5, 5.41) is 8.81. The van der Waals surface area contributed by atoms with E-state index in [-0.39, 0.29) is 17.9 Å². The number of ether oxygens (including phenoxy) is 1. The van der Waals surface area contributed by atoms with Gasteiger partial charge in [0.05, 0.1) is 19.8 Å². The topological polar surface area (TPSA) is 65.9 Å². The number of hydrogen-bond donors (Lipinski definition) is 1. The van der Waals surface area contributed by atoms with Crippen LogP contribution in [-0.4, -0.2) is 78.3 Å². The second kappa shape index (κ2) is 9.44. The van der Waals surface area contributed by atoms with Crippen molar-refractivity contribution in [3.8, 4) is 0 Å². The van der Waals surface area contributed by atoms with Crippen molar-refractivity contribution in [1.29, 1.82) is 0 Å². The predicted octanol–water partition coefficient (Wildman–Crippen LogP) is 1.34. The summed E-state index contributed by atoms with van der Waals surface area (Å²) >= 11 is 0. The minimum atomic E-state index is 0.0806. The van der Waals surface area contributed by atoms with Crippen molar-refractivity contribution in [3.63, 3.8) is 0 Å². The van der Waals surface area contributed by atoms with Gasteiger partial charge in [-0.2, -0.15) is 0 Å². The van der Waals surface area contributed by atoms with Crippen molar-refractivity contribution in [3.05, 3.63) is 30.1 Å². The number of nitrogens with zero attached hydrogens (tertiary/aromatic N) is 3. The highest BCUT2D eigenvalue weighted by molar-refractivity contribution is 5.77. The van der Waals surface area contributed by atoms with Crippen molar-refractivity contribution < 1.29 is 14.6 Å². The van der Waals surface area contributed by atoms with Gasteiger partial charge in [-0.05, 0) is 37.9 Å². The summed E-state index contributed by atoms with van der Waals surface area (Å²) in [5.74, 6) is 0.287. The zero-order valence-corrected chi connectivity index (χ0v) is 15.6. The number of rotatable bonds is 8. The van der Waals surface area contributed by atoms with Crippen LogP contribution < -0.4 is 0 Å². The largest absolute Gasteiger partial charge is 0.394 e. The van der Waals surface area contributed by atoms with Crippen LogP contribution in [0.3, 0.4) is 0 Å². The van der Waals surface area contributed by atoms with Gasteiger partial charge >= 0.3 is 0 Å². The molecule has 1 aromatic heterocycles. The van der Waals surface area contributed by atoms with Crippen molar-refractivity contribution in [2.45, 2.75) is 32.1 Å². The van der Waals surface area contributed by atoms with Crippen molar-refractivity contribution in [2.24, 2.45) is 5.41 Å². The lowest BCUT2D eigenvalue weighted by molar-refractivity contribution is -0.139. The van der Waals surface area contributed by atoms with Crippen LogP contribution in [0.4, 0.5) is 0 Å². The van der Waals surface area contributed by atoms with Gasteiger partial charge in [0, 0.05) is 56.3 Å². The van der Waals surface area contributed by atoms with E-state index in [0.29, 0.717) is 19.6 Å². The SMILES string of the molecule is O=C1CC[C@@]2(CCCN(CCOCCO)C2)CN1CCc1ccccn1. The Morgan fingerprint density at radius 2 is 2.12 bits per heavy atom. The van der Waals surface area contributed by atoms with E-state index in [1.165, 1.54) is 12.8 Å². The second-order valence-electron chi connectivity index (χ2n) is 7.60. The first-order valence-electron chi connectivity index (χ1n) is 9.79. The molecule has 2 aliphatic rings. The zero-order chi connectivity index (χ0) is 18.2. The first-order chi connectivity index (χ1) is 12.7. The van der Waals surface area contributed by atoms with Gasteiger partial charge in [0.15, 0.2) is 0 Å². The minimum Gasteiger partial charge on any atom is -0.394 e. The minimum absolute atomic E-state index is 0.0806. The van der Waals surface area contributed by atoms with Crippen LogP contribution in [0.15, 0.2) is 24.4 Å². The van der Waals surface area contributed by atoms with Crippen LogP contribution in [0.2, 0.25) is 0 Å². The molecule has 0 bridgehead atoms. The molecule has 3 heterocycles. The summed E-state index contributed by atoms with van der Waals surface area (Å²) in [6.45, 7) is 5.84. The molecule has 144 valence electrons. The molecule has 26 heavy (non-hydrogen) atoms. The normalized spacial score (nSPS) is 24.3. The maximum absolute atomic E-state index is 12.4. The molecule has 0 saturated carbocycles. The second-order valence-corrected chi connectivity index (χ2v) is 7.60. The summed E-state index contributed by atoms with van der Waals surface area (Å²) in [4.78, 5) is 21.3. The standard InChI is InChI=1S/C20H31N3O3/c24-13-15-26-14-12-22-10-3-7-20(16-22)8-5-19(25)23(17-20)11-6-18-4-1-2-9-21-18/h1-2,4,9,24H,3,5-8,10-17H2/t20-/m1/s1. The fraction of sp³-hybridized carbons (Fsp3) is 0.700. The third-order valence-electron chi connectivity index (χ3n) is 5.64. The molecular formula is C20H31N3O3. The molecule has 1 atom stereocenters. The van der Waals surface area contributed by atoms with E-state index in [1.54, 1.807) is 0 Å². The van der Waals surface area contributed by atoms with Gasteiger partial charge < -0.3 is 19.6 Å². The lowest BCUT2D eigenvalue weighted by atomic mass is 9.73. The highest BCUT2D eigenvalue weighted by atomic mass is 16.5. The lowest BCUT2D eigenvalue weighted by Crippen LogP contribution is -2.54. The Morgan fingerprint density at radius 1 is 1.19 bits per heavy atom. The third-order valence-corrected chi connectivity index (χ3v) is 5.64. The molecular weight excluding hydrogens is 330 g/mol. The summed E-state index contributed by atoms with van der Waals surface area (Å²) in [6, 6.07) is 5.95. The number of piperidine rings is 2.